The lowest BCUT2D eigenvalue weighted by molar-refractivity contribution is -0.870. The molecule has 8 amide bonds. The Bertz CT molecular complexity index is 4300. The minimum atomic E-state index is -0.749. The van der Waals surface area contributed by atoms with E-state index in [9.17, 15) is 38.4 Å². The molecule has 5 aliphatic rings. The quantitative estimate of drug-likeness (QED) is 0.0219. The highest BCUT2D eigenvalue weighted by molar-refractivity contribution is 6.30. The number of likely N-dealkylation sites (N-methyl/N-ethyl adjacent to an activating group) is 2. The first-order valence-electron chi connectivity index (χ1n) is 35.3. The Morgan fingerprint density at radius 1 is 0.491 bits per heavy atom. The van der Waals surface area contributed by atoms with Gasteiger partial charge in [0.2, 0.25) is 23.6 Å². The number of unbranched alkanes of at least 4 members (excludes halogenated alkanes) is 3. The standard InChI is InChI=1S/C18H18N2O3.C17H20ClNO2.C17H24N2O2.C17H18N2O2.C17H23N2O.2HI/c1-4-16(21)19-10-9-17(22)20-13(3)15(11-18(20)23)14-7-5-12(2)6-8-14;1-13-16(14-6-8-15(18)9-7-14)12-17(21)19(13)10-4-2-3-5-11-20;1-13-6-8-14(9-7-13)15-12-16(20)18-17(15,2)21-11-10-19(3,4)5;1-4-16(20)18-9-10-19-13(3)15(11-17(19)21)14-7-5-12(2)6-8-14;1-13-6-8-15(9-7-13)16-12-17(20)18(14(16)2)10-11-19(3,4)5;;/h4-8,11H,1,3,9-10H2,2H3,(H,19,21);6-9,12,20H,1-5,10-11H2;6-9,12H,10-11H2,1-5H3;4-8,11H,1,3,9-10H2,2H3,(H,18,20);6-9,12H,2,10-11H2,1,3-5H3;2*1H/q;;;;+1;;/p-1. The first-order valence-corrected chi connectivity index (χ1v) is 35.6. The second-order valence-electron chi connectivity index (χ2n) is 28.4. The van der Waals surface area contributed by atoms with Gasteiger partial charge in [-0.05, 0) is 99.6 Å². The zero-order valence-electron chi connectivity index (χ0n) is 64.2. The number of amides is 8. The van der Waals surface area contributed by atoms with Crippen molar-refractivity contribution in [2.75, 3.05) is 101 Å². The van der Waals surface area contributed by atoms with E-state index in [1.54, 1.807) is 39.0 Å². The number of carbonyl (C=O) groups is 8. The molecular formula is C86H104ClI2N9O10. The van der Waals surface area contributed by atoms with Crippen LogP contribution < -0.4 is 63.9 Å². The number of halogens is 3. The molecule has 10 rings (SSSR count). The monoisotopic (exact) mass is 1710 g/mol. The number of carbonyl (C=O) groups excluding carboxylic acids is 8. The molecule has 0 saturated carbocycles. The van der Waals surface area contributed by atoms with Gasteiger partial charge < -0.3 is 97.4 Å². The van der Waals surface area contributed by atoms with E-state index in [1.165, 1.54) is 28.8 Å². The number of benzene rings is 5. The molecule has 574 valence electrons. The molecule has 5 aromatic carbocycles. The second kappa shape index (κ2) is 42.5. The van der Waals surface area contributed by atoms with Crippen molar-refractivity contribution in [1.82, 2.24) is 35.6 Å². The Morgan fingerprint density at radius 3 is 1.26 bits per heavy atom. The summed E-state index contributed by atoms with van der Waals surface area (Å²) >= 11 is 5.89. The number of rotatable bonds is 26. The minimum absolute atomic E-state index is 0. The SMILES string of the molecule is C=C1C(c2ccc(C)cc2)=CC(=O)N1CC[N+](C)(C)C.C=C1C(c2ccc(Cl)cc2)=CC(=O)N1CCCCCCO.C=CC(=O)NCCC(=O)N1C(=C)C(c2ccc(C)cc2)=CC1=O.C=CC(=O)NCCN1C(=C)C(c2ccc(C)cc2)=CC1=O.Cc1ccc(C2=CC(=O)NC2(C)OCC[N+](C)(C)C)cc1.[I-].[I-]. The van der Waals surface area contributed by atoms with Crippen molar-refractivity contribution < 1.29 is 105 Å². The van der Waals surface area contributed by atoms with Gasteiger partial charge in [-0.25, -0.2) is 4.90 Å². The third kappa shape index (κ3) is 27.2. The average Bonchev–Trinajstić information content (AvgIpc) is 1.65. The zero-order valence-corrected chi connectivity index (χ0v) is 69.2. The maximum Gasteiger partial charge on any atom is 0.258 e. The number of nitrogens with zero attached hydrogens (tertiary/aromatic N) is 6. The van der Waals surface area contributed by atoms with Crippen molar-refractivity contribution >= 4 is 86.7 Å². The third-order valence-electron chi connectivity index (χ3n) is 17.7. The van der Waals surface area contributed by atoms with E-state index in [-0.39, 0.29) is 103 Å². The molecule has 22 heteroatoms. The number of hydrogen-bond acceptors (Lipinski definition) is 10. The number of aryl methyl sites for hydroxylation is 4. The second-order valence-corrected chi connectivity index (χ2v) is 28.8. The van der Waals surface area contributed by atoms with Crippen LogP contribution in [-0.4, -0.2) is 188 Å². The third-order valence-corrected chi connectivity index (χ3v) is 17.9. The minimum Gasteiger partial charge on any atom is -1.00 e. The van der Waals surface area contributed by atoms with Gasteiger partial charge in [-0.15, -0.1) is 0 Å². The Labute approximate surface area is 677 Å². The van der Waals surface area contributed by atoms with Crippen LogP contribution in [0.25, 0.3) is 27.9 Å². The van der Waals surface area contributed by atoms with Crippen LogP contribution in [0, 0.1) is 27.7 Å². The van der Waals surface area contributed by atoms with Crippen molar-refractivity contribution in [1.29, 1.82) is 0 Å². The molecule has 0 fully saturated rings. The summed E-state index contributed by atoms with van der Waals surface area (Å²) in [5, 5.41) is 17.5. The number of aliphatic hydroxyl groups excluding tert-OH is 1. The molecule has 0 spiro atoms. The highest BCUT2D eigenvalue weighted by atomic mass is 127. The maximum absolute atomic E-state index is 12.2. The molecule has 19 nitrogen and oxygen atoms in total. The predicted octanol–water partition coefficient (Wildman–Crippen LogP) is 6.02. The van der Waals surface area contributed by atoms with Gasteiger partial charge in [-0.2, -0.15) is 0 Å². The fourth-order valence-corrected chi connectivity index (χ4v) is 11.5. The smallest absolute Gasteiger partial charge is 0.258 e. The van der Waals surface area contributed by atoms with E-state index in [2.05, 4.69) is 117 Å². The highest BCUT2D eigenvalue weighted by Crippen LogP contribution is 2.36. The Morgan fingerprint density at radius 2 is 0.852 bits per heavy atom. The molecule has 4 N–H and O–H groups in total. The predicted molar refractivity (Wildman–Crippen MR) is 424 cm³/mol. The summed E-state index contributed by atoms with van der Waals surface area (Å²) in [6.45, 7) is 37.6. The van der Waals surface area contributed by atoms with Crippen LogP contribution >= 0.6 is 11.6 Å². The number of hydrogen-bond donors (Lipinski definition) is 4. The normalized spacial score (nSPS) is 15.8. The summed E-state index contributed by atoms with van der Waals surface area (Å²) < 4.78 is 7.68. The van der Waals surface area contributed by atoms with Crippen LogP contribution in [0.3, 0.4) is 0 Å². The lowest BCUT2D eigenvalue weighted by Gasteiger charge is -2.31. The van der Waals surface area contributed by atoms with Gasteiger partial charge in [-0.1, -0.05) is 195 Å². The van der Waals surface area contributed by atoms with Gasteiger partial charge in [0.15, 0.2) is 5.72 Å². The lowest BCUT2D eigenvalue weighted by Crippen LogP contribution is -3.00. The van der Waals surface area contributed by atoms with E-state index in [0.717, 1.165) is 126 Å². The van der Waals surface area contributed by atoms with Crippen LogP contribution in [0.5, 0.6) is 0 Å². The molecule has 5 heterocycles. The molecule has 0 radical (unpaired) electrons. The van der Waals surface area contributed by atoms with Crippen molar-refractivity contribution in [3.8, 4) is 0 Å². The first kappa shape index (κ1) is 91.2. The molecule has 1 unspecified atom stereocenters. The molecule has 1 atom stereocenters. The summed E-state index contributed by atoms with van der Waals surface area (Å²) in [4.78, 5) is 101. The van der Waals surface area contributed by atoms with Crippen molar-refractivity contribution in [2.45, 2.75) is 72.4 Å². The molecule has 0 aliphatic carbocycles. The van der Waals surface area contributed by atoms with Crippen LogP contribution in [-0.2, 0) is 43.1 Å². The van der Waals surface area contributed by atoms with Crippen LogP contribution in [0.15, 0.2) is 226 Å². The van der Waals surface area contributed by atoms with E-state index in [4.69, 9.17) is 21.4 Å². The lowest BCUT2D eigenvalue weighted by atomic mass is 9.97. The van der Waals surface area contributed by atoms with Gasteiger partial charge in [0.25, 0.3) is 23.6 Å². The van der Waals surface area contributed by atoms with Crippen LogP contribution in [0.2, 0.25) is 5.02 Å². The summed E-state index contributed by atoms with van der Waals surface area (Å²) in [6, 6.07) is 39.4. The van der Waals surface area contributed by atoms with E-state index >= 15 is 0 Å². The van der Waals surface area contributed by atoms with E-state index < -0.39 is 17.5 Å². The average molecular weight is 1710 g/mol. The largest absolute Gasteiger partial charge is 1.00 e. The first-order chi connectivity index (χ1) is 50.1. The molecule has 5 aliphatic heterocycles. The summed E-state index contributed by atoms with van der Waals surface area (Å²) in [6.07, 6.45) is 14.1. The molecule has 108 heavy (non-hydrogen) atoms. The molecule has 0 saturated heterocycles. The molecule has 0 bridgehead atoms. The fraction of sp³-hybridized carbons (Fsp3) is 0.302. The number of imide groups is 1. The number of allylic oxidation sites excluding steroid dienone is 4. The summed E-state index contributed by atoms with van der Waals surface area (Å²) in [7, 11) is 12.7. The van der Waals surface area contributed by atoms with Crippen LogP contribution in [0.4, 0.5) is 0 Å². The van der Waals surface area contributed by atoms with Crippen molar-refractivity contribution in [3.63, 3.8) is 0 Å². The number of quaternary nitrogens is 2. The number of aliphatic hydroxyl groups is 1. The van der Waals surface area contributed by atoms with E-state index in [0.29, 0.717) is 54.8 Å². The molecule has 0 aromatic heterocycles. The summed E-state index contributed by atoms with van der Waals surface area (Å²) in [5.41, 5.74) is 15.5. The maximum atomic E-state index is 12.2. The summed E-state index contributed by atoms with van der Waals surface area (Å²) in [5.74, 6) is -1.59. The van der Waals surface area contributed by atoms with Gasteiger partial charge in [0.1, 0.15) is 6.54 Å². The topological polar surface area (TPSA) is 215 Å². The molecule has 5 aromatic rings. The van der Waals surface area contributed by atoms with Gasteiger partial charge in [-0.3, -0.25) is 38.4 Å². The van der Waals surface area contributed by atoms with Crippen LogP contribution in [0.1, 0.15) is 89.1 Å². The number of ether oxygens (including phenoxy) is 1. The highest BCUT2D eigenvalue weighted by Gasteiger charge is 2.39. The Balaban J connectivity index is 0.000000284. The molecular weight excluding hydrogens is 1610 g/mol. The fourth-order valence-electron chi connectivity index (χ4n) is 11.4. The van der Waals surface area contributed by atoms with Gasteiger partial charge in [0, 0.05) is 120 Å². The van der Waals surface area contributed by atoms with Crippen molar-refractivity contribution in [2.24, 2.45) is 0 Å². The van der Waals surface area contributed by atoms with Gasteiger partial charge in [0.05, 0.1) is 67.7 Å². The Kier molecular flexibility index (Phi) is 35.9. The van der Waals surface area contributed by atoms with Gasteiger partial charge >= 0.3 is 0 Å². The zero-order chi connectivity index (χ0) is 78.2. The Hall–Kier alpha value is -9.21. The van der Waals surface area contributed by atoms with Crippen molar-refractivity contribution in [3.05, 3.63) is 281 Å². The number of nitrogens with one attached hydrogen (secondary N) is 3. The van der Waals surface area contributed by atoms with E-state index in [1.807, 2.05) is 137 Å².